The number of hydrogen-bond donors (Lipinski definition) is 0. The van der Waals surface area contributed by atoms with Crippen molar-refractivity contribution < 1.29 is 31.9 Å². The van der Waals surface area contributed by atoms with Crippen LogP contribution in [0.3, 0.4) is 0 Å². The average Bonchev–Trinajstić information content (AvgIpc) is 3.13. The first-order chi connectivity index (χ1) is 13.8. The molecule has 1 aromatic heterocycles. The molecule has 0 bridgehead atoms. The summed E-state index contributed by atoms with van der Waals surface area (Å²) < 4.78 is 54.5. The highest BCUT2D eigenvalue weighted by molar-refractivity contribution is 5.84. The molecule has 4 nitrogen and oxygen atoms in total. The van der Waals surface area contributed by atoms with Gasteiger partial charge in [0.1, 0.15) is 17.1 Å². The Morgan fingerprint density at radius 2 is 1.86 bits per heavy atom. The summed E-state index contributed by atoms with van der Waals surface area (Å²) in [5.74, 6) is -0.758. The Morgan fingerprint density at radius 1 is 1.10 bits per heavy atom. The van der Waals surface area contributed by atoms with Crippen molar-refractivity contribution in [1.82, 2.24) is 0 Å². The maximum atomic E-state index is 12.8. The van der Waals surface area contributed by atoms with Crippen LogP contribution in [0.4, 0.5) is 13.2 Å². The molecule has 0 saturated carbocycles. The van der Waals surface area contributed by atoms with Crippen LogP contribution < -0.4 is 4.74 Å². The zero-order chi connectivity index (χ0) is 20.9. The summed E-state index contributed by atoms with van der Waals surface area (Å²) >= 11 is 0. The number of halogens is 3. The molecule has 3 aromatic rings. The molecule has 0 saturated heterocycles. The molecule has 0 amide bonds. The summed E-state index contributed by atoms with van der Waals surface area (Å²) in [6.45, 7) is 2.55. The van der Waals surface area contributed by atoms with Crippen molar-refractivity contribution in [3.05, 3.63) is 67.3 Å². The Labute approximate surface area is 165 Å². The van der Waals surface area contributed by atoms with Crippen molar-refractivity contribution >= 4 is 16.9 Å². The molecule has 152 valence electrons. The molecule has 0 radical (unpaired) electrons. The summed E-state index contributed by atoms with van der Waals surface area (Å²) in [5, 5.41) is 0.850. The molecule has 0 fully saturated rings. The maximum Gasteiger partial charge on any atom is 0.389 e. The summed E-state index contributed by atoms with van der Waals surface area (Å²) in [5.41, 5.74) is 1.48. The first-order valence-corrected chi connectivity index (χ1v) is 8.92. The number of hydrogen-bond acceptors (Lipinski definition) is 4. The van der Waals surface area contributed by atoms with Gasteiger partial charge in [0.25, 0.3) is 0 Å². The summed E-state index contributed by atoms with van der Waals surface area (Å²) in [6, 6.07) is 16.5. The van der Waals surface area contributed by atoms with E-state index in [2.05, 4.69) is 6.58 Å². The van der Waals surface area contributed by atoms with Crippen molar-refractivity contribution in [2.45, 2.75) is 12.6 Å². The Morgan fingerprint density at radius 3 is 2.55 bits per heavy atom. The number of carbonyl (C=O) groups is 1. The van der Waals surface area contributed by atoms with E-state index in [0.29, 0.717) is 17.1 Å². The predicted octanol–water partition coefficient (Wildman–Crippen LogP) is 5.78. The van der Waals surface area contributed by atoms with E-state index in [1.807, 2.05) is 36.4 Å². The largest absolute Gasteiger partial charge is 0.493 e. The molecule has 29 heavy (non-hydrogen) atoms. The Hall–Kier alpha value is -3.22. The predicted molar refractivity (Wildman–Crippen MR) is 102 cm³/mol. The normalized spacial score (nSPS) is 12.5. The molecule has 0 N–H and O–H groups in total. The second kappa shape index (κ2) is 8.86. The molecule has 7 heteroatoms. The molecule has 1 unspecified atom stereocenters. The van der Waals surface area contributed by atoms with Crippen molar-refractivity contribution in [2.24, 2.45) is 5.92 Å². The van der Waals surface area contributed by atoms with Crippen LogP contribution in [0.25, 0.3) is 22.3 Å². The van der Waals surface area contributed by atoms with Gasteiger partial charge in [-0.2, -0.15) is 13.2 Å². The monoisotopic (exact) mass is 404 g/mol. The lowest BCUT2D eigenvalue weighted by Gasteiger charge is -2.19. The zero-order valence-electron chi connectivity index (χ0n) is 15.4. The van der Waals surface area contributed by atoms with Gasteiger partial charge in [0, 0.05) is 29.0 Å². The van der Waals surface area contributed by atoms with E-state index in [-0.39, 0.29) is 6.61 Å². The van der Waals surface area contributed by atoms with E-state index in [9.17, 15) is 18.0 Å². The van der Waals surface area contributed by atoms with Gasteiger partial charge in [0.2, 0.25) is 0 Å². The number of ether oxygens (including phenoxy) is 2. The van der Waals surface area contributed by atoms with E-state index in [0.717, 1.165) is 17.0 Å². The number of rotatable bonds is 8. The fraction of sp³-hybridized carbons (Fsp3) is 0.227. The van der Waals surface area contributed by atoms with Crippen LogP contribution in [0.2, 0.25) is 0 Å². The van der Waals surface area contributed by atoms with Crippen molar-refractivity contribution in [2.75, 3.05) is 13.2 Å². The average molecular weight is 404 g/mol. The van der Waals surface area contributed by atoms with Crippen LogP contribution in [0.5, 0.6) is 5.75 Å². The second-order valence-electron chi connectivity index (χ2n) is 6.51. The Bertz CT molecular complexity index is 977. The topological polar surface area (TPSA) is 48.7 Å². The highest BCUT2D eigenvalue weighted by Crippen LogP contribution is 2.31. The first-order valence-electron chi connectivity index (χ1n) is 8.92. The molecule has 0 aliphatic heterocycles. The number of alkyl halides is 3. The van der Waals surface area contributed by atoms with Crippen LogP contribution in [0, 0.1) is 5.92 Å². The molecular formula is C22H19F3O4. The van der Waals surface area contributed by atoms with Crippen molar-refractivity contribution in [1.29, 1.82) is 0 Å². The van der Waals surface area contributed by atoms with Gasteiger partial charge in [0.15, 0.2) is 0 Å². The van der Waals surface area contributed by atoms with Crippen LogP contribution in [-0.4, -0.2) is 25.4 Å². The smallest absolute Gasteiger partial charge is 0.389 e. The summed E-state index contributed by atoms with van der Waals surface area (Å²) in [7, 11) is 0. The van der Waals surface area contributed by atoms with Gasteiger partial charge in [-0.1, -0.05) is 36.9 Å². The highest BCUT2D eigenvalue weighted by atomic mass is 19.4. The van der Waals surface area contributed by atoms with Gasteiger partial charge in [0.05, 0.1) is 19.6 Å². The van der Waals surface area contributed by atoms with Gasteiger partial charge < -0.3 is 13.9 Å². The molecule has 1 atom stereocenters. The fourth-order valence-electron chi connectivity index (χ4n) is 2.81. The Kier molecular flexibility index (Phi) is 6.26. The molecular weight excluding hydrogens is 385 g/mol. The molecule has 3 rings (SSSR count). The SMILES string of the molecule is C=CC(=O)OCC(COc1ccc2cc(-c3ccccc3)oc2c1)CC(F)(F)F. The van der Waals surface area contributed by atoms with Crippen LogP contribution in [0.15, 0.2) is 71.7 Å². The standard InChI is InChI=1S/C22H19F3O4/c1-2-21(26)28-14-15(12-22(23,24)25)13-27-18-9-8-17-10-19(29-20(17)11-18)16-6-4-3-5-7-16/h2-11,15H,1,12-14H2. The van der Waals surface area contributed by atoms with Crippen LogP contribution in [0.1, 0.15) is 6.42 Å². The van der Waals surface area contributed by atoms with Crippen molar-refractivity contribution in [3.63, 3.8) is 0 Å². The van der Waals surface area contributed by atoms with E-state index in [1.54, 1.807) is 18.2 Å². The summed E-state index contributed by atoms with van der Waals surface area (Å²) in [6.07, 6.45) is -4.62. The van der Waals surface area contributed by atoms with E-state index in [4.69, 9.17) is 13.9 Å². The maximum absolute atomic E-state index is 12.8. The quantitative estimate of drug-likeness (QED) is 0.353. The van der Waals surface area contributed by atoms with Gasteiger partial charge in [-0.15, -0.1) is 0 Å². The third-order valence-corrected chi connectivity index (χ3v) is 4.18. The first kappa shape index (κ1) is 20.5. The second-order valence-corrected chi connectivity index (χ2v) is 6.51. The van der Waals surface area contributed by atoms with Gasteiger partial charge in [-0.25, -0.2) is 4.79 Å². The van der Waals surface area contributed by atoms with Crippen LogP contribution in [-0.2, 0) is 9.53 Å². The molecule has 0 aliphatic carbocycles. The minimum Gasteiger partial charge on any atom is -0.493 e. The van der Waals surface area contributed by atoms with Gasteiger partial charge in [-0.3, -0.25) is 0 Å². The van der Waals surface area contributed by atoms with Gasteiger partial charge >= 0.3 is 12.1 Å². The lowest BCUT2D eigenvalue weighted by Crippen LogP contribution is -2.25. The number of esters is 1. The van der Waals surface area contributed by atoms with Crippen LogP contribution >= 0.6 is 0 Å². The number of benzene rings is 2. The zero-order valence-corrected chi connectivity index (χ0v) is 15.4. The van der Waals surface area contributed by atoms with E-state index >= 15 is 0 Å². The van der Waals surface area contributed by atoms with E-state index in [1.165, 1.54) is 0 Å². The third-order valence-electron chi connectivity index (χ3n) is 4.18. The number of fused-ring (bicyclic) bond motifs is 1. The third kappa shape index (κ3) is 5.88. The lowest BCUT2D eigenvalue weighted by atomic mass is 10.1. The van der Waals surface area contributed by atoms with Gasteiger partial charge in [-0.05, 0) is 18.2 Å². The molecule has 0 spiro atoms. The minimum absolute atomic E-state index is 0.262. The molecule has 1 heterocycles. The van der Waals surface area contributed by atoms with Crippen molar-refractivity contribution in [3.8, 4) is 17.1 Å². The molecule has 2 aromatic carbocycles. The fourth-order valence-corrected chi connectivity index (χ4v) is 2.81. The summed E-state index contributed by atoms with van der Waals surface area (Å²) in [4.78, 5) is 11.1. The lowest BCUT2D eigenvalue weighted by molar-refractivity contribution is -0.157. The molecule has 0 aliphatic rings. The van der Waals surface area contributed by atoms with E-state index < -0.39 is 31.1 Å². The minimum atomic E-state index is -4.40. The Balaban J connectivity index is 1.70. The number of furan rings is 1. The number of carbonyl (C=O) groups excluding carboxylic acids is 1. The highest BCUT2D eigenvalue weighted by Gasteiger charge is 2.33.